The molecular formula is C14H14BrCl2N3. The second-order valence-electron chi connectivity index (χ2n) is 4.26. The molecule has 0 fully saturated rings. The van der Waals surface area contributed by atoms with Crippen LogP contribution >= 0.6 is 39.1 Å². The first kappa shape index (κ1) is 15.4. The van der Waals surface area contributed by atoms with Crippen molar-refractivity contribution in [1.82, 2.24) is 4.98 Å². The molecule has 0 amide bonds. The van der Waals surface area contributed by atoms with E-state index in [1.165, 1.54) is 0 Å². The molecule has 0 aliphatic heterocycles. The number of hydrogen-bond acceptors (Lipinski definition) is 3. The van der Waals surface area contributed by atoms with E-state index >= 15 is 0 Å². The highest BCUT2D eigenvalue weighted by atomic mass is 79.9. The van der Waals surface area contributed by atoms with Crippen molar-refractivity contribution in [3.63, 3.8) is 0 Å². The first-order valence-corrected chi connectivity index (χ1v) is 7.69. The van der Waals surface area contributed by atoms with Crippen molar-refractivity contribution in [1.29, 1.82) is 0 Å². The lowest BCUT2D eigenvalue weighted by Gasteiger charge is -2.13. The van der Waals surface area contributed by atoms with Gasteiger partial charge >= 0.3 is 0 Å². The monoisotopic (exact) mass is 373 g/mol. The minimum Gasteiger partial charge on any atom is -0.369 e. The van der Waals surface area contributed by atoms with Crippen LogP contribution in [0.15, 0.2) is 28.7 Å². The summed E-state index contributed by atoms with van der Waals surface area (Å²) in [5.41, 5.74) is 2.05. The van der Waals surface area contributed by atoms with E-state index in [2.05, 4.69) is 31.5 Å². The molecule has 0 saturated carbocycles. The van der Waals surface area contributed by atoms with E-state index in [4.69, 9.17) is 23.2 Å². The molecule has 0 aliphatic rings. The Labute approximate surface area is 136 Å². The van der Waals surface area contributed by atoms with Gasteiger partial charge in [0.1, 0.15) is 5.82 Å². The fraction of sp³-hybridized carbons (Fsp3) is 0.214. The molecule has 2 rings (SSSR count). The lowest BCUT2D eigenvalue weighted by atomic mass is 10.2. The first-order chi connectivity index (χ1) is 9.51. The Balaban J connectivity index is 2.35. The van der Waals surface area contributed by atoms with Crippen molar-refractivity contribution < 1.29 is 0 Å². The van der Waals surface area contributed by atoms with Crippen LogP contribution in [0.5, 0.6) is 0 Å². The van der Waals surface area contributed by atoms with Gasteiger partial charge in [0.15, 0.2) is 5.82 Å². The molecule has 3 nitrogen and oxygen atoms in total. The molecule has 0 saturated heterocycles. The maximum absolute atomic E-state index is 6.19. The third-order valence-corrected chi connectivity index (χ3v) is 3.78. The molecule has 20 heavy (non-hydrogen) atoms. The normalized spacial score (nSPS) is 10.4. The van der Waals surface area contributed by atoms with E-state index in [1.807, 2.05) is 32.0 Å². The number of halogens is 3. The molecule has 0 unspecified atom stereocenters. The lowest BCUT2D eigenvalue weighted by molar-refractivity contribution is 1.16. The van der Waals surface area contributed by atoms with Gasteiger partial charge in [-0.25, -0.2) is 4.98 Å². The molecule has 106 valence electrons. The molecule has 6 heteroatoms. The van der Waals surface area contributed by atoms with E-state index in [1.54, 1.807) is 6.07 Å². The molecule has 1 aromatic carbocycles. The van der Waals surface area contributed by atoms with Crippen molar-refractivity contribution in [3.05, 3.63) is 44.3 Å². The van der Waals surface area contributed by atoms with Crippen LogP contribution in [0.3, 0.4) is 0 Å². The van der Waals surface area contributed by atoms with Crippen LogP contribution in [0.25, 0.3) is 0 Å². The standard InChI is InChI=1S/C14H14BrCl2N3/c1-3-18-13-10(16)7-11(17)14(20-13)19-12-5-4-9(15)6-8(12)2/h4-7H,3H2,1-2H3,(H2,18,19,20). The van der Waals surface area contributed by atoms with Crippen LogP contribution < -0.4 is 10.6 Å². The molecule has 0 aliphatic carbocycles. The average molecular weight is 375 g/mol. The predicted molar refractivity (Wildman–Crippen MR) is 90.6 cm³/mol. The van der Waals surface area contributed by atoms with Crippen molar-refractivity contribution in [3.8, 4) is 0 Å². The van der Waals surface area contributed by atoms with Gasteiger partial charge in [0.05, 0.1) is 10.0 Å². The topological polar surface area (TPSA) is 37.0 Å². The quantitative estimate of drug-likeness (QED) is 0.727. The van der Waals surface area contributed by atoms with Crippen LogP contribution in [0, 0.1) is 6.92 Å². The Morgan fingerprint density at radius 2 is 1.85 bits per heavy atom. The fourth-order valence-electron chi connectivity index (χ4n) is 1.74. The largest absolute Gasteiger partial charge is 0.369 e. The summed E-state index contributed by atoms with van der Waals surface area (Å²) in [6, 6.07) is 7.64. The molecule has 0 spiro atoms. The smallest absolute Gasteiger partial charge is 0.151 e. The van der Waals surface area contributed by atoms with E-state index in [9.17, 15) is 0 Å². The second-order valence-corrected chi connectivity index (χ2v) is 5.99. The SMILES string of the molecule is CCNc1nc(Nc2ccc(Br)cc2C)c(Cl)cc1Cl. The molecule has 2 N–H and O–H groups in total. The number of nitrogens with one attached hydrogen (secondary N) is 2. The molecule has 1 heterocycles. The number of pyridine rings is 1. The van der Waals surface area contributed by atoms with Crippen LogP contribution in [0.4, 0.5) is 17.3 Å². The summed E-state index contributed by atoms with van der Waals surface area (Å²) in [6.45, 7) is 4.74. The summed E-state index contributed by atoms with van der Waals surface area (Å²) < 4.78 is 1.03. The van der Waals surface area contributed by atoms with Crippen LogP contribution in [-0.4, -0.2) is 11.5 Å². The second kappa shape index (κ2) is 6.66. The molecule has 0 atom stereocenters. The van der Waals surface area contributed by atoms with Crippen molar-refractivity contribution in [2.24, 2.45) is 0 Å². The molecule has 0 bridgehead atoms. The number of aromatic nitrogens is 1. The highest BCUT2D eigenvalue weighted by Crippen LogP contribution is 2.32. The van der Waals surface area contributed by atoms with Gasteiger partial charge in [0, 0.05) is 16.7 Å². The zero-order valence-electron chi connectivity index (χ0n) is 11.1. The third-order valence-electron chi connectivity index (χ3n) is 2.72. The number of benzene rings is 1. The highest BCUT2D eigenvalue weighted by molar-refractivity contribution is 9.10. The van der Waals surface area contributed by atoms with Crippen molar-refractivity contribution in [2.75, 3.05) is 17.2 Å². The minimum atomic E-state index is 0.485. The number of nitrogens with zero attached hydrogens (tertiary/aromatic N) is 1. The van der Waals surface area contributed by atoms with Gasteiger partial charge in [-0.2, -0.15) is 0 Å². The van der Waals surface area contributed by atoms with Gasteiger partial charge in [-0.3, -0.25) is 0 Å². The Morgan fingerprint density at radius 1 is 1.15 bits per heavy atom. The van der Waals surface area contributed by atoms with Crippen molar-refractivity contribution >= 4 is 56.5 Å². The van der Waals surface area contributed by atoms with Gasteiger partial charge in [-0.1, -0.05) is 39.1 Å². The Hall–Kier alpha value is -0.970. The number of hydrogen-bond donors (Lipinski definition) is 2. The number of aryl methyl sites for hydroxylation is 1. The van der Waals surface area contributed by atoms with Crippen LogP contribution in [-0.2, 0) is 0 Å². The maximum atomic E-state index is 6.19. The highest BCUT2D eigenvalue weighted by Gasteiger charge is 2.10. The van der Waals surface area contributed by atoms with Gasteiger partial charge < -0.3 is 10.6 Å². The molecule has 1 aromatic heterocycles. The van der Waals surface area contributed by atoms with Crippen LogP contribution in [0.2, 0.25) is 10.0 Å². The minimum absolute atomic E-state index is 0.485. The molecule has 2 aromatic rings. The Kier molecular flexibility index (Phi) is 5.13. The summed E-state index contributed by atoms with van der Waals surface area (Å²) >= 11 is 15.7. The average Bonchev–Trinajstić information content (AvgIpc) is 2.38. The van der Waals surface area contributed by atoms with Gasteiger partial charge in [0.2, 0.25) is 0 Å². The van der Waals surface area contributed by atoms with E-state index in [0.717, 1.165) is 22.3 Å². The van der Waals surface area contributed by atoms with Crippen molar-refractivity contribution in [2.45, 2.75) is 13.8 Å². The lowest BCUT2D eigenvalue weighted by Crippen LogP contribution is -2.03. The molecule has 0 radical (unpaired) electrons. The van der Waals surface area contributed by atoms with Gasteiger partial charge in [0.25, 0.3) is 0 Å². The van der Waals surface area contributed by atoms with E-state index < -0.39 is 0 Å². The maximum Gasteiger partial charge on any atom is 0.151 e. The summed E-state index contributed by atoms with van der Waals surface area (Å²) in [5, 5.41) is 7.33. The van der Waals surface area contributed by atoms with Gasteiger partial charge in [-0.05, 0) is 43.7 Å². The summed E-state index contributed by atoms with van der Waals surface area (Å²) in [7, 11) is 0. The zero-order valence-corrected chi connectivity index (χ0v) is 14.2. The van der Waals surface area contributed by atoms with Crippen LogP contribution in [0.1, 0.15) is 12.5 Å². The Bertz CT molecular complexity index is 632. The predicted octanol–water partition coefficient (Wildman–Crippen LogP) is 5.63. The first-order valence-electron chi connectivity index (χ1n) is 6.14. The molecular weight excluding hydrogens is 361 g/mol. The number of rotatable bonds is 4. The summed E-state index contributed by atoms with van der Waals surface area (Å²) in [5.74, 6) is 1.20. The fourth-order valence-corrected chi connectivity index (χ4v) is 2.69. The van der Waals surface area contributed by atoms with Gasteiger partial charge in [-0.15, -0.1) is 0 Å². The Morgan fingerprint density at radius 3 is 2.50 bits per heavy atom. The summed E-state index contributed by atoms with van der Waals surface area (Å²) in [6.07, 6.45) is 0. The van der Waals surface area contributed by atoms with E-state index in [-0.39, 0.29) is 0 Å². The third kappa shape index (κ3) is 3.57. The van der Waals surface area contributed by atoms with E-state index in [0.29, 0.717) is 21.7 Å². The summed E-state index contributed by atoms with van der Waals surface area (Å²) in [4.78, 5) is 4.42. The number of anilines is 3. The zero-order chi connectivity index (χ0) is 14.7.